The summed E-state index contributed by atoms with van der Waals surface area (Å²) in [5.41, 5.74) is 6.08. The molecule has 1 aromatic rings. The number of carbonyl (C=O) groups is 2. The van der Waals surface area contributed by atoms with Gasteiger partial charge < -0.3 is 20.3 Å². The maximum atomic E-state index is 12.6. The van der Waals surface area contributed by atoms with E-state index in [0.29, 0.717) is 26.2 Å². The quantitative estimate of drug-likeness (QED) is 0.832. The molecule has 2 N–H and O–H groups in total. The van der Waals surface area contributed by atoms with Crippen LogP contribution in [0, 0.1) is 5.92 Å². The van der Waals surface area contributed by atoms with Crippen molar-refractivity contribution in [2.24, 2.45) is 11.7 Å². The van der Waals surface area contributed by atoms with Gasteiger partial charge in [-0.15, -0.1) is 0 Å². The van der Waals surface area contributed by atoms with E-state index in [4.69, 9.17) is 5.73 Å². The van der Waals surface area contributed by atoms with Crippen molar-refractivity contribution in [3.8, 4) is 5.75 Å². The number of benzene rings is 1. The summed E-state index contributed by atoms with van der Waals surface area (Å²) in [5, 5.41) is 0. The Balaban J connectivity index is 2.00. The van der Waals surface area contributed by atoms with Gasteiger partial charge in [-0.25, -0.2) is 0 Å². The number of hydrogen-bond acceptors (Lipinski definition) is 4. The molecule has 1 fully saturated rings. The fourth-order valence-electron chi connectivity index (χ4n) is 2.85. The molecule has 0 aromatic heterocycles. The lowest BCUT2D eigenvalue weighted by molar-refractivity contribution is -0.135. The average Bonchev–Trinajstić information content (AvgIpc) is 2.65. The molecule has 1 aliphatic heterocycles. The Morgan fingerprint density at radius 1 is 1.15 bits per heavy atom. The Morgan fingerprint density at radius 3 is 2.31 bits per heavy atom. The highest BCUT2D eigenvalue weighted by Gasteiger charge is 2.30. The van der Waals surface area contributed by atoms with Crippen LogP contribution in [0.5, 0.6) is 5.75 Å². The molecular formula is C18H25F2N3O3. The van der Waals surface area contributed by atoms with Crippen molar-refractivity contribution in [3.05, 3.63) is 29.8 Å². The van der Waals surface area contributed by atoms with E-state index in [-0.39, 0.29) is 29.0 Å². The third-order valence-electron chi connectivity index (χ3n) is 4.75. The van der Waals surface area contributed by atoms with E-state index in [1.165, 1.54) is 23.1 Å². The van der Waals surface area contributed by atoms with Crippen molar-refractivity contribution in [3.63, 3.8) is 0 Å². The number of rotatable bonds is 6. The molecule has 2 rings (SSSR count). The van der Waals surface area contributed by atoms with Gasteiger partial charge in [0.15, 0.2) is 0 Å². The van der Waals surface area contributed by atoms with Crippen molar-refractivity contribution in [2.75, 3.05) is 26.2 Å². The molecule has 2 unspecified atom stereocenters. The zero-order chi connectivity index (χ0) is 19.3. The second kappa shape index (κ2) is 8.93. The maximum absolute atomic E-state index is 12.6. The van der Waals surface area contributed by atoms with Gasteiger partial charge in [-0.2, -0.15) is 8.78 Å². The first-order chi connectivity index (χ1) is 12.3. The molecule has 0 saturated carbocycles. The van der Waals surface area contributed by atoms with E-state index in [1.807, 2.05) is 13.8 Å². The third kappa shape index (κ3) is 4.69. The second-order valence-electron chi connectivity index (χ2n) is 6.40. The van der Waals surface area contributed by atoms with Gasteiger partial charge in [0.1, 0.15) is 5.75 Å². The fourth-order valence-corrected chi connectivity index (χ4v) is 2.85. The lowest BCUT2D eigenvalue weighted by atomic mass is 9.98. The summed E-state index contributed by atoms with van der Waals surface area (Å²) in [7, 11) is 0. The second-order valence-corrected chi connectivity index (χ2v) is 6.40. The Hall–Kier alpha value is -2.22. The maximum Gasteiger partial charge on any atom is 0.387 e. The number of alkyl halides is 2. The largest absolute Gasteiger partial charge is 0.434 e. The number of halogens is 2. The predicted octanol–water partition coefficient (Wildman–Crippen LogP) is 1.95. The minimum Gasteiger partial charge on any atom is -0.434 e. The number of nitrogens with two attached hydrogens (primary N) is 1. The van der Waals surface area contributed by atoms with E-state index in [9.17, 15) is 18.4 Å². The summed E-state index contributed by atoms with van der Waals surface area (Å²) in [6, 6.07) is 5.36. The van der Waals surface area contributed by atoms with Crippen molar-refractivity contribution < 1.29 is 23.1 Å². The van der Waals surface area contributed by atoms with Crippen LogP contribution < -0.4 is 10.5 Å². The van der Waals surface area contributed by atoms with Crippen molar-refractivity contribution in [1.29, 1.82) is 0 Å². The summed E-state index contributed by atoms with van der Waals surface area (Å²) in [5.74, 6) is -0.571. The van der Waals surface area contributed by atoms with Crippen LogP contribution in [0.4, 0.5) is 8.78 Å². The van der Waals surface area contributed by atoms with Gasteiger partial charge in [0.25, 0.3) is 5.91 Å². The zero-order valence-electron chi connectivity index (χ0n) is 15.0. The van der Waals surface area contributed by atoms with E-state index >= 15 is 0 Å². The van der Waals surface area contributed by atoms with Crippen molar-refractivity contribution >= 4 is 11.8 Å². The van der Waals surface area contributed by atoms with Crippen LogP contribution in [0.1, 0.15) is 30.6 Å². The van der Waals surface area contributed by atoms with Crippen LogP contribution in [-0.4, -0.2) is 60.4 Å². The van der Waals surface area contributed by atoms with Gasteiger partial charge in [-0.05, 0) is 18.1 Å². The van der Waals surface area contributed by atoms with E-state index in [0.717, 1.165) is 6.42 Å². The monoisotopic (exact) mass is 369 g/mol. The van der Waals surface area contributed by atoms with Crippen LogP contribution in [-0.2, 0) is 4.79 Å². The Bertz CT molecular complexity index is 634. The Kier molecular flexibility index (Phi) is 6.90. The smallest absolute Gasteiger partial charge is 0.387 e. The average molecular weight is 369 g/mol. The molecule has 6 nitrogen and oxygen atoms in total. The van der Waals surface area contributed by atoms with Crippen LogP contribution in [0.25, 0.3) is 0 Å². The first kappa shape index (κ1) is 20.1. The molecule has 8 heteroatoms. The number of ether oxygens (including phenoxy) is 1. The summed E-state index contributed by atoms with van der Waals surface area (Å²) < 4.78 is 29.5. The fraction of sp³-hybridized carbons (Fsp3) is 0.556. The molecule has 1 heterocycles. The van der Waals surface area contributed by atoms with Gasteiger partial charge in [-0.3, -0.25) is 9.59 Å². The first-order valence-electron chi connectivity index (χ1n) is 8.72. The summed E-state index contributed by atoms with van der Waals surface area (Å²) >= 11 is 0. The van der Waals surface area contributed by atoms with Crippen molar-refractivity contribution in [1.82, 2.24) is 9.80 Å². The van der Waals surface area contributed by atoms with Crippen LogP contribution in [0.15, 0.2) is 24.3 Å². The molecular weight excluding hydrogens is 344 g/mol. The Labute approximate surface area is 151 Å². The van der Waals surface area contributed by atoms with Crippen LogP contribution in [0.2, 0.25) is 0 Å². The third-order valence-corrected chi connectivity index (χ3v) is 4.75. The molecule has 1 saturated heterocycles. The summed E-state index contributed by atoms with van der Waals surface area (Å²) in [6.07, 6.45) is 0.812. The molecule has 26 heavy (non-hydrogen) atoms. The van der Waals surface area contributed by atoms with E-state index in [2.05, 4.69) is 4.74 Å². The topological polar surface area (TPSA) is 75.9 Å². The molecule has 0 spiro atoms. The lowest BCUT2D eigenvalue weighted by Crippen LogP contribution is -2.55. The molecule has 0 radical (unpaired) electrons. The number of amides is 2. The number of piperazine rings is 1. The SMILES string of the molecule is CCC(C)C(N)C(=O)N1CCN(C(=O)c2ccccc2OC(F)F)CC1. The molecule has 1 aliphatic rings. The van der Waals surface area contributed by atoms with Crippen LogP contribution in [0.3, 0.4) is 0 Å². The van der Waals surface area contributed by atoms with Gasteiger partial charge in [0, 0.05) is 26.2 Å². The summed E-state index contributed by atoms with van der Waals surface area (Å²) in [4.78, 5) is 28.2. The number of carbonyl (C=O) groups excluding carboxylic acids is 2. The number of para-hydroxylation sites is 1. The number of nitrogens with zero attached hydrogens (tertiary/aromatic N) is 2. The van der Waals surface area contributed by atoms with Crippen LogP contribution >= 0.6 is 0 Å². The summed E-state index contributed by atoms with van der Waals surface area (Å²) in [6.45, 7) is 2.29. The molecule has 2 amide bonds. The predicted molar refractivity (Wildman–Crippen MR) is 93.0 cm³/mol. The minimum absolute atomic E-state index is 0.0838. The molecule has 0 aliphatic carbocycles. The molecule has 1 aromatic carbocycles. The highest BCUT2D eigenvalue weighted by molar-refractivity contribution is 5.97. The van der Waals surface area contributed by atoms with Gasteiger partial charge in [0.05, 0.1) is 11.6 Å². The molecule has 2 atom stereocenters. The van der Waals surface area contributed by atoms with E-state index in [1.54, 1.807) is 11.0 Å². The van der Waals surface area contributed by atoms with Crippen molar-refractivity contribution in [2.45, 2.75) is 32.9 Å². The van der Waals surface area contributed by atoms with E-state index < -0.39 is 12.7 Å². The molecule has 144 valence electrons. The number of hydrogen-bond donors (Lipinski definition) is 1. The van der Waals surface area contributed by atoms with Gasteiger partial charge >= 0.3 is 6.61 Å². The standard InChI is InChI=1S/C18H25F2N3O3/c1-3-12(2)15(21)17(25)23-10-8-22(9-11-23)16(24)13-6-4-5-7-14(13)26-18(19)20/h4-7,12,15,18H,3,8-11,21H2,1-2H3. The minimum atomic E-state index is -3.00. The normalized spacial score (nSPS) is 17.2. The highest BCUT2D eigenvalue weighted by Crippen LogP contribution is 2.22. The van der Waals surface area contributed by atoms with Gasteiger partial charge in [-0.1, -0.05) is 32.4 Å². The zero-order valence-corrected chi connectivity index (χ0v) is 15.0. The first-order valence-corrected chi connectivity index (χ1v) is 8.72. The lowest BCUT2D eigenvalue weighted by Gasteiger charge is -2.36. The van der Waals surface area contributed by atoms with Gasteiger partial charge in [0.2, 0.25) is 5.91 Å². The Morgan fingerprint density at radius 2 is 1.73 bits per heavy atom. The molecule has 0 bridgehead atoms. The highest BCUT2D eigenvalue weighted by atomic mass is 19.3.